The Bertz CT molecular complexity index is 968. The Labute approximate surface area is 169 Å². The van der Waals surface area contributed by atoms with Crippen LogP contribution in [0.3, 0.4) is 0 Å². The van der Waals surface area contributed by atoms with Crippen LogP contribution in [0, 0.1) is 13.8 Å². The fraction of sp³-hybridized carbons (Fsp3) is 0.318. The van der Waals surface area contributed by atoms with Crippen molar-refractivity contribution in [1.29, 1.82) is 0 Å². The summed E-state index contributed by atoms with van der Waals surface area (Å²) in [5.41, 5.74) is 5.40. The summed E-state index contributed by atoms with van der Waals surface area (Å²) in [6, 6.07) is 12.4. The fourth-order valence-corrected chi connectivity index (χ4v) is 4.32. The second-order valence-corrected chi connectivity index (χ2v) is 7.71. The predicted molar refractivity (Wildman–Crippen MR) is 116 cm³/mol. The smallest absolute Gasteiger partial charge is 0.307 e. The molecule has 5 nitrogen and oxygen atoms in total. The zero-order valence-corrected chi connectivity index (χ0v) is 17.2. The van der Waals surface area contributed by atoms with E-state index in [0.29, 0.717) is 13.2 Å². The molecule has 0 radical (unpaired) electrons. The SMILES string of the molecule is CCOC(CC(=O)O)Nc1cc(C)ccc1NCc1csc2cccc(C)c12. The molecule has 3 N–H and O–H groups in total. The number of thiophene rings is 1. The van der Waals surface area contributed by atoms with Crippen LogP contribution in [0.25, 0.3) is 10.1 Å². The topological polar surface area (TPSA) is 70.6 Å². The minimum Gasteiger partial charge on any atom is -0.481 e. The lowest BCUT2D eigenvalue weighted by Crippen LogP contribution is -2.27. The monoisotopic (exact) mass is 398 g/mol. The van der Waals surface area contributed by atoms with E-state index in [-0.39, 0.29) is 6.42 Å². The molecule has 3 aromatic rings. The van der Waals surface area contributed by atoms with Crippen molar-refractivity contribution in [2.45, 2.75) is 40.0 Å². The van der Waals surface area contributed by atoms with E-state index in [1.54, 1.807) is 11.3 Å². The number of hydrogen-bond donors (Lipinski definition) is 3. The van der Waals surface area contributed by atoms with Crippen molar-refractivity contribution in [1.82, 2.24) is 0 Å². The number of anilines is 2. The molecule has 3 rings (SSSR count). The number of carboxylic acids is 1. The van der Waals surface area contributed by atoms with Gasteiger partial charge in [-0.1, -0.05) is 18.2 Å². The molecule has 0 fully saturated rings. The molecule has 0 saturated heterocycles. The van der Waals surface area contributed by atoms with Crippen molar-refractivity contribution in [2.75, 3.05) is 17.2 Å². The van der Waals surface area contributed by atoms with Crippen LogP contribution in [0.4, 0.5) is 11.4 Å². The van der Waals surface area contributed by atoms with Crippen molar-refractivity contribution >= 4 is 38.8 Å². The molecule has 6 heteroatoms. The van der Waals surface area contributed by atoms with Crippen LogP contribution >= 0.6 is 11.3 Å². The Morgan fingerprint density at radius 1 is 1.21 bits per heavy atom. The van der Waals surface area contributed by atoms with Crippen LogP contribution < -0.4 is 10.6 Å². The number of hydrogen-bond acceptors (Lipinski definition) is 5. The summed E-state index contributed by atoms with van der Waals surface area (Å²) in [6.07, 6.45) is -0.677. The van der Waals surface area contributed by atoms with Crippen molar-refractivity contribution in [3.05, 3.63) is 58.5 Å². The summed E-state index contributed by atoms with van der Waals surface area (Å²) in [5, 5.41) is 19.4. The molecule has 0 amide bonds. The molecule has 1 heterocycles. The standard InChI is InChI=1S/C22H26N2O3S/c1-4-27-20(11-21(25)26)24-18-10-14(2)8-9-17(18)23-12-16-13-28-19-7-5-6-15(3)22(16)19/h5-10,13,20,23-24H,4,11-12H2,1-3H3,(H,25,26). The molecule has 0 aliphatic carbocycles. The van der Waals surface area contributed by atoms with Crippen LogP contribution in [0.2, 0.25) is 0 Å². The van der Waals surface area contributed by atoms with E-state index in [1.807, 2.05) is 32.0 Å². The van der Waals surface area contributed by atoms with E-state index in [9.17, 15) is 4.79 Å². The average molecular weight is 399 g/mol. The van der Waals surface area contributed by atoms with Crippen LogP contribution in [-0.4, -0.2) is 23.9 Å². The quantitative estimate of drug-likeness (QED) is 0.422. The van der Waals surface area contributed by atoms with Gasteiger partial charge in [0.15, 0.2) is 0 Å². The molecule has 1 atom stereocenters. The van der Waals surface area contributed by atoms with Gasteiger partial charge in [0.1, 0.15) is 6.23 Å². The van der Waals surface area contributed by atoms with E-state index in [2.05, 4.69) is 41.1 Å². The fourth-order valence-electron chi connectivity index (χ4n) is 3.28. The average Bonchev–Trinajstić information content (AvgIpc) is 3.05. The second kappa shape index (κ2) is 9.08. The summed E-state index contributed by atoms with van der Waals surface area (Å²) in [4.78, 5) is 11.1. The number of benzene rings is 2. The van der Waals surface area contributed by atoms with E-state index in [4.69, 9.17) is 9.84 Å². The highest BCUT2D eigenvalue weighted by Gasteiger charge is 2.15. The van der Waals surface area contributed by atoms with Crippen molar-refractivity contribution in [3.8, 4) is 0 Å². The number of rotatable bonds is 9. The van der Waals surface area contributed by atoms with E-state index in [1.165, 1.54) is 21.2 Å². The molecular weight excluding hydrogens is 372 g/mol. The van der Waals surface area contributed by atoms with Crippen LogP contribution in [0.5, 0.6) is 0 Å². The number of nitrogens with one attached hydrogen (secondary N) is 2. The lowest BCUT2D eigenvalue weighted by molar-refractivity contribution is -0.139. The van der Waals surface area contributed by atoms with E-state index >= 15 is 0 Å². The van der Waals surface area contributed by atoms with Gasteiger partial charge in [-0.05, 0) is 61.0 Å². The number of ether oxygens (including phenoxy) is 1. The minimum absolute atomic E-state index is 0.102. The Morgan fingerprint density at radius 2 is 2.04 bits per heavy atom. The predicted octanol–water partition coefficient (Wildman–Crippen LogP) is 5.38. The Hall–Kier alpha value is -2.57. The Balaban J connectivity index is 1.81. The third-order valence-electron chi connectivity index (χ3n) is 4.57. The highest BCUT2D eigenvalue weighted by Crippen LogP contribution is 2.31. The van der Waals surface area contributed by atoms with Gasteiger partial charge in [-0.3, -0.25) is 4.79 Å². The van der Waals surface area contributed by atoms with Gasteiger partial charge in [0.2, 0.25) is 0 Å². The number of carboxylic acid groups (broad SMARTS) is 1. The maximum Gasteiger partial charge on any atom is 0.307 e. The molecule has 1 unspecified atom stereocenters. The third-order valence-corrected chi connectivity index (χ3v) is 5.57. The first kappa shape index (κ1) is 20.2. The molecule has 0 bridgehead atoms. The Kier molecular flexibility index (Phi) is 6.54. The minimum atomic E-state index is -0.895. The molecule has 28 heavy (non-hydrogen) atoms. The molecule has 1 aromatic heterocycles. The first-order valence-electron chi connectivity index (χ1n) is 9.38. The van der Waals surface area contributed by atoms with Gasteiger partial charge in [0.05, 0.1) is 17.8 Å². The first-order valence-corrected chi connectivity index (χ1v) is 10.3. The van der Waals surface area contributed by atoms with E-state index < -0.39 is 12.2 Å². The van der Waals surface area contributed by atoms with Gasteiger partial charge >= 0.3 is 5.97 Å². The molecule has 0 aliphatic heterocycles. The highest BCUT2D eigenvalue weighted by atomic mass is 32.1. The van der Waals surface area contributed by atoms with Crippen molar-refractivity contribution < 1.29 is 14.6 Å². The molecule has 0 saturated carbocycles. The summed E-state index contributed by atoms with van der Waals surface area (Å²) >= 11 is 1.75. The molecular formula is C22H26N2O3S. The highest BCUT2D eigenvalue weighted by molar-refractivity contribution is 7.17. The van der Waals surface area contributed by atoms with Gasteiger partial charge in [-0.2, -0.15) is 0 Å². The maximum atomic E-state index is 11.1. The Morgan fingerprint density at radius 3 is 2.79 bits per heavy atom. The van der Waals surface area contributed by atoms with Gasteiger partial charge in [0.25, 0.3) is 0 Å². The summed E-state index contributed by atoms with van der Waals surface area (Å²) in [5.74, 6) is -0.895. The zero-order valence-electron chi connectivity index (χ0n) is 16.4. The van der Waals surface area contributed by atoms with Gasteiger partial charge in [-0.15, -0.1) is 11.3 Å². The summed E-state index contributed by atoms with van der Waals surface area (Å²) < 4.78 is 6.85. The lowest BCUT2D eigenvalue weighted by atomic mass is 10.1. The molecule has 0 spiro atoms. The molecule has 0 aliphatic rings. The second-order valence-electron chi connectivity index (χ2n) is 6.80. The number of aryl methyl sites for hydroxylation is 2. The van der Waals surface area contributed by atoms with Crippen LogP contribution in [-0.2, 0) is 16.1 Å². The van der Waals surface area contributed by atoms with E-state index in [0.717, 1.165) is 16.9 Å². The van der Waals surface area contributed by atoms with Gasteiger partial charge < -0.3 is 20.5 Å². The lowest BCUT2D eigenvalue weighted by Gasteiger charge is -2.21. The maximum absolute atomic E-state index is 11.1. The van der Waals surface area contributed by atoms with Crippen molar-refractivity contribution in [3.63, 3.8) is 0 Å². The number of fused-ring (bicyclic) bond motifs is 1. The van der Waals surface area contributed by atoms with Gasteiger partial charge in [0, 0.05) is 23.2 Å². The molecule has 2 aromatic carbocycles. The van der Waals surface area contributed by atoms with Gasteiger partial charge in [-0.25, -0.2) is 0 Å². The number of carbonyl (C=O) groups is 1. The van der Waals surface area contributed by atoms with Crippen LogP contribution in [0.15, 0.2) is 41.8 Å². The summed E-state index contributed by atoms with van der Waals surface area (Å²) in [6.45, 7) is 7.14. The normalized spacial score (nSPS) is 12.1. The molecule has 148 valence electrons. The first-order chi connectivity index (χ1) is 13.5. The van der Waals surface area contributed by atoms with Crippen molar-refractivity contribution in [2.24, 2.45) is 0 Å². The third kappa shape index (κ3) is 4.82. The summed E-state index contributed by atoms with van der Waals surface area (Å²) in [7, 11) is 0. The van der Waals surface area contributed by atoms with Crippen LogP contribution in [0.1, 0.15) is 30.0 Å². The zero-order chi connectivity index (χ0) is 20.1. The largest absolute Gasteiger partial charge is 0.481 e. The number of aliphatic carboxylic acids is 1.